The third-order valence-corrected chi connectivity index (χ3v) is 5.08. The Morgan fingerprint density at radius 2 is 1.91 bits per heavy atom. The number of hydrogen-bond acceptors (Lipinski definition) is 8. The van der Waals surface area contributed by atoms with E-state index in [1.54, 1.807) is 18.3 Å². The number of rotatable bonds is 11. The van der Waals surface area contributed by atoms with Crippen LogP contribution in [0.1, 0.15) is 27.7 Å². The van der Waals surface area contributed by atoms with Gasteiger partial charge in [0.25, 0.3) is 5.19 Å². The third kappa shape index (κ3) is 8.86. The number of thiazole rings is 1. The van der Waals surface area contributed by atoms with Crippen molar-refractivity contribution in [2.45, 2.75) is 39.8 Å². The molecule has 0 aliphatic carbocycles. The van der Waals surface area contributed by atoms with Gasteiger partial charge in [-0.15, -0.1) is 0 Å². The molecule has 0 aliphatic heterocycles. The fourth-order valence-corrected chi connectivity index (χ4v) is 3.19. The second-order valence-corrected chi connectivity index (χ2v) is 8.40. The molecular formula is C22H25ClN2O5S2. The maximum absolute atomic E-state index is 11.4. The molecule has 1 unspecified atom stereocenters. The molecule has 0 fully saturated rings. The smallest absolute Gasteiger partial charge is 0.420 e. The van der Waals surface area contributed by atoms with Crippen LogP contribution in [-0.2, 0) is 4.18 Å². The number of allylic oxidation sites excluding steroid dienone is 3. The third-order valence-electron chi connectivity index (χ3n) is 3.92. The molecule has 7 nitrogen and oxygen atoms in total. The van der Waals surface area contributed by atoms with Gasteiger partial charge in [0.05, 0.1) is 18.3 Å². The number of aromatic nitrogens is 1. The lowest BCUT2D eigenvalue weighted by molar-refractivity contribution is 0.207. The van der Waals surface area contributed by atoms with Crippen molar-refractivity contribution in [3.8, 4) is 21.8 Å². The van der Waals surface area contributed by atoms with Gasteiger partial charge in [-0.05, 0) is 75.4 Å². The quantitative estimate of drug-likeness (QED) is 0.203. The molecule has 1 aromatic heterocycles. The van der Waals surface area contributed by atoms with E-state index in [2.05, 4.69) is 21.1 Å². The number of benzene rings is 1. The normalized spacial score (nSPS) is 12.8. The molecule has 0 spiro atoms. The zero-order chi connectivity index (χ0) is 23.5. The summed E-state index contributed by atoms with van der Waals surface area (Å²) in [5, 5.41) is 3.64. The van der Waals surface area contributed by atoms with Crippen LogP contribution in [-0.4, -0.2) is 23.2 Å². The van der Waals surface area contributed by atoms with Gasteiger partial charge in [0.15, 0.2) is 11.3 Å². The molecule has 0 bridgehead atoms. The van der Waals surface area contributed by atoms with Crippen LogP contribution < -0.4 is 19.5 Å². The van der Waals surface area contributed by atoms with E-state index in [1.807, 2.05) is 58.0 Å². The highest BCUT2D eigenvalue weighted by Gasteiger charge is 2.10. The van der Waals surface area contributed by atoms with Crippen LogP contribution in [0.4, 0.5) is 4.79 Å². The fraction of sp³-hybridized carbons (Fsp3) is 0.273. The Hall–Kier alpha value is -2.62. The van der Waals surface area contributed by atoms with Crippen LogP contribution in [0.15, 0.2) is 66.6 Å². The molecule has 0 saturated heterocycles. The van der Waals surface area contributed by atoms with Crippen molar-refractivity contribution >= 4 is 39.4 Å². The summed E-state index contributed by atoms with van der Waals surface area (Å²) < 4.78 is 21.8. The maximum Gasteiger partial charge on any atom is 0.420 e. The summed E-state index contributed by atoms with van der Waals surface area (Å²) in [5.41, 5.74) is 0.877. The van der Waals surface area contributed by atoms with Gasteiger partial charge in [0, 0.05) is 10.7 Å². The number of carbonyl (C=O) groups excluding carboxylic acids is 1. The van der Waals surface area contributed by atoms with Crippen LogP contribution in [0.5, 0.6) is 21.8 Å². The Kier molecular flexibility index (Phi) is 10.5. The minimum atomic E-state index is -0.617. The molecule has 2 aromatic rings. The molecule has 1 aromatic carbocycles. The van der Waals surface area contributed by atoms with E-state index in [0.29, 0.717) is 33.0 Å². The molecule has 172 valence electrons. The molecular weight excluding hydrogens is 472 g/mol. The van der Waals surface area contributed by atoms with Gasteiger partial charge in [0.1, 0.15) is 17.3 Å². The average molecular weight is 497 g/mol. The first-order valence-electron chi connectivity index (χ1n) is 9.65. The Balaban J connectivity index is 1.96. The van der Waals surface area contributed by atoms with Crippen LogP contribution >= 0.6 is 33.3 Å². The van der Waals surface area contributed by atoms with Crippen LogP contribution in [0.25, 0.3) is 0 Å². The lowest BCUT2D eigenvalue weighted by atomic mass is 10.1. The van der Waals surface area contributed by atoms with Crippen molar-refractivity contribution in [2.75, 3.05) is 0 Å². The van der Waals surface area contributed by atoms with E-state index < -0.39 is 6.09 Å². The summed E-state index contributed by atoms with van der Waals surface area (Å²) in [6.45, 7) is 11.4. The number of nitrogens with one attached hydrogen (secondary N) is 1. The number of halogens is 1. The summed E-state index contributed by atoms with van der Waals surface area (Å²) in [6.07, 6.45) is 6.21. The Bertz CT molecular complexity index is 957. The predicted molar refractivity (Wildman–Crippen MR) is 130 cm³/mol. The van der Waals surface area contributed by atoms with Gasteiger partial charge in [-0.3, -0.25) is 0 Å². The summed E-state index contributed by atoms with van der Waals surface area (Å²) in [4.78, 5) is 15.7. The molecule has 1 N–H and O–H groups in total. The lowest BCUT2D eigenvalue weighted by Crippen LogP contribution is -2.32. The van der Waals surface area contributed by atoms with E-state index in [0.717, 1.165) is 11.3 Å². The molecule has 1 heterocycles. The second kappa shape index (κ2) is 13.0. The molecule has 2 rings (SSSR count). The molecule has 32 heavy (non-hydrogen) atoms. The van der Waals surface area contributed by atoms with E-state index in [-0.39, 0.29) is 12.1 Å². The largest absolute Gasteiger partial charge is 0.491 e. The summed E-state index contributed by atoms with van der Waals surface area (Å²) in [7, 11) is 5.29. The number of amides is 1. The summed E-state index contributed by atoms with van der Waals surface area (Å²) in [5.74, 6) is 1.94. The zero-order valence-corrected chi connectivity index (χ0v) is 20.6. The van der Waals surface area contributed by atoms with Gasteiger partial charge in [0.2, 0.25) is 5.06 Å². The van der Waals surface area contributed by atoms with Crippen molar-refractivity contribution < 1.29 is 23.2 Å². The molecule has 0 aliphatic rings. The van der Waals surface area contributed by atoms with Gasteiger partial charge in [-0.1, -0.05) is 18.2 Å². The summed E-state index contributed by atoms with van der Waals surface area (Å²) in [6, 6.07) is 7.07. The van der Waals surface area contributed by atoms with Crippen molar-refractivity contribution in [2.24, 2.45) is 0 Å². The van der Waals surface area contributed by atoms with Crippen molar-refractivity contribution in [3.63, 3.8) is 0 Å². The first-order chi connectivity index (χ1) is 15.3. The van der Waals surface area contributed by atoms with Crippen LogP contribution in [0.3, 0.4) is 0 Å². The Morgan fingerprint density at radius 3 is 2.53 bits per heavy atom. The first kappa shape index (κ1) is 25.6. The SMILES string of the molecule is C=C/C(=C\C=C(/C)C(C)NC(=O)OSCl)Oc1cnc(Oc2ccc(OC(C)C)cc2)s1. The van der Waals surface area contributed by atoms with Gasteiger partial charge in [-0.2, -0.15) is 0 Å². The fourth-order valence-electron chi connectivity index (χ4n) is 2.26. The Labute approximate surface area is 200 Å². The highest BCUT2D eigenvalue weighted by atomic mass is 35.7. The number of hydrogen-bond donors (Lipinski definition) is 1. The topological polar surface area (TPSA) is 78.9 Å². The van der Waals surface area contributed by atoms with Crippen LogP contribution in [0, 0.1) is 0 Å². The van der Waals surface area contributed by atoms with E-state index >= 15 is 0 Å². The number of ether oxygens (including phenoxy) is 3. The minimum absolute atomic E-state index is 0.108. The van der Waals surface area contributed by atoms with E-state index in [1.165, 1.54) is 11.3 Å². The maximum atomic E-state index is 11.4. The van der Waals surface area contributed by atoms with Crippen molar-refractivity contribution in [3.05, 3.63) is 66.6 Å². The van der Waals surface area contributed by atoms with Crippen molar-refractivity contribution in [1.29, 1.82) is 0 Å². The molecule has 0 saturated carbocycles. The highest BCUT2D eigenvalue weighted by Crippen LogP contribution is 2.33. The van der Waals surface area contributed by atoms with E-state index in [9.17, 15) is 4.79 Å². The van der Waals surface area contributed by atoms with Gasteiger partial charge in [-0.25, -0.2) is 9.78 Å². The van der Waals surface area contributed by atoms with Crippen LogP contribution in [0.2, 0.25) is 0 Å². The average Bonchev–Trinajstić information content (AvgIpc) is 3.18. The number of nitrogens with zero attached hydrogens (tertiary/aromatic N) is 1. The Morgan fingerprint density at radius 1 is 1.22 bits per heavy atom. The van der Waals surface area contributed by atoms with Gasteiger partial charge < -0.3 is 23.7 Å². The minimum Gasteiger partial charge on any atom is -0.491 e. The zero-order valence-electron chi connectivity index (χ0n) is 18.2. The molecule has 1 atom stereocenters. The lowest BCUT2D eigenvalue weighted by Gasteiger charge is -2.12. The molecule has 0 radical (unpaired) electrons. The van der Waals surface area contributed by atoms with Crippen molar-refractivity contribution in [1.82, 2.24) is 10.3 Å². The van der Waals surface area contributed by atoms with Gasteiger partial charge >= 0.3 is 6.09 Å². The monoisotopic (exact) mass is 496 g/mol. The first-order valence-corrected chi connectivity index (χ1v) is 12.0. The summed E-state index contributed by atoms with van der Waals surface area (Å²) >= 11 is 1.72. The molecule has 1 amide bonds. The second-order valence-electron chi connectivity index (χ2n) is 6.77. The standard InChI is InChI=1S/C22H25ClN2O5S2/c1-6-17(8-7-15(4)16(5)25-21(26)30-32-23)28-20-13-24-22(31-20)29-19-11-9-18(10-12-19)27-14(2)3/h6-14,16H,1H2,2-5H3,(H,25,26)/b15-7+,17-8+. The predicted octanol–water partition coefficient (Wildman–Crippen LogP) is 7.03. The molecule has 10 heteroatoms. The highest BCUT2D eigenvalue weighted by molar-refractivity contribution is 8.17. The number of carbonyl (C=O) groups is 1. The van der Waals surface area contributed by atoms with E-state index in [4.69, 9.17) is 24.9 Å².